The SMILES string of the molecule is Cc1nc(CNC2CCS(=O)(=O)c3ccccc32)no1. The molecule has 0 bridgehead atoms. The van der Waals surface area contributed by atoms with Crippen LogP contribution in [0, 0.1) is 6.92 Å². The van der Waals surface area contributed by atoms with Crippen LogP contribution in [0.25, 0.3) is 0 Å². The number of aryl methyl sites for hydroxylation is 1. The standard InChI is InChI=1S/C13H15N3O3S/c1-9-15-13(16-19-9)8-14-11-6-7-20(17,18)12-5-3-2-4-10(11)12/h2-5,11,14H,6-8H2,1H3. The lowest BCUT2D eigenvalue weighted by atomic mass is 10.0. The number of nitrogens with zero attached hydrogens (tertiary/aromatic N) is 2. The van der Waals surface area contributed by atoms with Gasteiger partial charge in [-0.2, -0.15) is 4.98 Å². The zero-order valence-electron chi connectivity index (χ0n) is 11.0. The Hall–Kier alpha value is -1.73. The van der Waals surface area contributed by atoms with E-state index in [9.17, 15) is 8.42 Å². The monoisotopic (exact) mass is 293 g/mol. The first kappa shape index (κ1) is 13.3. The van der Waals surface area contributed by atoms with E-state index >= 15 is 0 Å². The van der Waals surface area contributed by atoms with Crippen LogP contribution in [0.1, 0.15) is 29.7 Å². The maximum atomic E-state index is 12.0. The molecule has 0 fully saturated rings. The normalized spacial score (nSPS) is 20.6. The number of benzene rings is 1. The Morgan fingerprint density at radius 1 is 1.40 bits per heavy atom. The Balaban J connectivity index is 1.82. The van der Waals surface area contributed by atoms with Gasteiger partial charge in [0.15, 0.2) is 15.7 Å². The third-order valence-electron chi connectivity index (χ3n) is 3.38. The number of rotatable bonds is 3. The van der Waals surface area contributed by atoms with Crippen molar-refractivity contribution in [1.82, 2.24) is 15.5 Å². The van der Waals surface area contributed by atoms with Gasteiger partial charge in [-0.05, 0) is 18.1 Å². The topological polar surface area (TPSA) is 85.1 Å². The summed E-state index contributed by atoms with van der Waals surface area (Å²) in [5, 5.41) is 7.11. The van der Waals surface area contributed by atoms with Gasteiger partial charge in [0.2, 0.25) is 5.89 Å². The van der Waals surface area contributed by atoms with Crippen LogP contribution in [-0.2, 0) is 16.4 Å². The lowest BCUT2D eigenvalue weighted by molar-refractivity contribution is 0.382. The van der Waals surface area contributed by atoms with Gasteiger partial charge in [-0.25, -0.2) is 8.42 Å². The average Bonchev–Trinajstić information content (AvgIpc) is 2.84. The molecule has 1 atom stereocenters. The lowest BCUT2D eigenvalue weighted by Crippen LogP contribution is -2.29. The molecule has 1 aromatic heterocycles. The summed E-state index contributed by atoms with van der Waals surface area (Å²) in [5.74, 6) is 1.26. The summed E-state index contributed by atoms with van der Waals surface area (Å²) in [6.45, 7) is 2.19. The quantitative estimate of drug-likeness (QED) is 0.920. The van der Waals surface area contributed by atoms with E-state index in [1.165, 1.54) is 0 Å². The van der Waals surface area contributed by atoms with Crippen LogP contribution in [0.3, 0.4) is 0 Å². The molecule has 2 heterocycles. The molecule has 7 heteroatoms. The highest BCUT2D eigenvalue weighted by Gasteiger charge is 2.29. The fourth-order valence-corrected chi connectivity index (χ4v) is 4.05. The minimum absolute atomic E-state index is 0.00599. The first-order valence-corrected chi connectivity index (χ1v) is 8.06. The highest BCUT2D eigenvalue weighted by atomic mass is 32.2. The summed E-state index contributed by atoms with van der Waals surface area (Å²) >= 11 is 0. The fourth-order valence-electron chi connectivity index (χ4n) is 2.43. The van der Waals surface area contributed by atoms with E-state index in [0.29, 0.717) is 29.6 Å². The Morgan fingerprint density at radius 3 is 2.95 bits per heavy atom. The fraction of sp³-hybridized carbons (Fsp3) is 0.385. The molecule has 0 amide bonds. The molecule has 3 rings (SSSR count). The second-order valence-corrected chi connectivity index (χ2v) is 6.89. The van der Waals surface area contributed by atoms with E-state index in [1.54, 1.807) is 19.1 Å². The Kier molecular flexibility index (Phi) is 3.31. The molecule has 106 valence electrons. The number of hydrogen-bond donors (Lipinski definition) is 1. The maximum Gasteiger partial charge on any atom is 0.223 e. The van der Waals surface area contributed by atoms with E-state index in [2.05, 4.69) is 15.5 Å². The molecule has 20 heavy (non-hydrogen) atoms. The van der Waals surface area contributed by atoms with Crippen LogP contribution < -0.4 is 5.32 Å². The second kappa shape index (κ2) is 4.99. The van der Waals surface area contributed by atoms with Gasteiger partial charge in [-0.15, -0.1) is 0 Å². The number of nitrogens with one attached hydrogen (secondary N) is 1. The molecule has 0 radical (unpaired) electrons. The second-order valence-electron chi connectivity index (χ2n) is 4.81. The molecule has 1 aromatic carbocycles. The number of fused-ring (bicyclic) bond motifs is 1. The first-order valence-electron chi connectivity index (χ1n) is 6.40. The van der Waals surface area contributed by atoms with Gasteiger partial charge < -0.3 is 9.84 Å². The smallest absolute Gasteiger partial charge is 0.223 e. The zero-order chi connectivity index (χ0) is 14.2. The van der Waals surface area contributed by atoms with Gasteiger partial charge in [0, 0.05) is 13.0 Å². The van der Waals surface area contributed by atoms with Gasteiger partial charge in [-0.3, -0.25) is 0 Å². The summed E-state index contributed by atoms with van der Waals surface area (Å²) < 4.78 is 29.0. The van der Waals surface area contributed by atoms with Gasteiger partial charge in [0.1, 0.15) is 0 Å². The molecular weight excluding hydrogens is 278 g/mol. The molecule has 2 aromatic rings. The van der Waals surface area contributed by atoms with E-state index in [4.69, 9.17) is 4.52 Å². The summed E-state index contributed by atoms with van der Waals surface area (Å²) in [5.41, 5.74) is 0.818. The summed E-state index contributed by atoms with van der Waals surface area (Å²) in [6, 6.07) is 7.12. The number of sulfone groups is 1. The predicted octanol–water partition coefficient (Wildman–Crippen LogP) is 1.39. The minimum Gasteiger partial charge on any atom is -0.340 e. The Labute approximate surface area is 117 Å². The molecular formula is C13H15N3O3S. The minimum atomic E-state index is -3.14. The van der Waals surface area contributed by atoms with Crippen LogP contribution in [0.15, 0.2) is 33.7 Å². The van der Waals surface area contributed by atoms with Crippen molar-refractivity contribution < 1.29 is 12.9 Å². The van der Waals surface area contributed by atoms with E-state index in [0.717, 1.165) is 5.56 Å². The van der Waals surface area contributed by atoms with Crippen LogP contribution in [0.5, 0.6) is 0 Å². The molecule has 1 unspecified atom stereocenters. The van der Waals surface area contributed by atoms with Crippen molar-refractivity contribution in [3.8, 4) is 0 Å². The van der Waals surface area contributed by atoms with Crippen LogP contribution in [-0.4, -0.2) is 24.3 Å². The Bertz CT molecular complexity index is 724. The van der Waals surface area contributed by atoms with E-state index < -0.39 is 9.84 Å². The molecule has 1 aliphatic heterocycles. The largest absolute Gasteiger partial charge is 0.340 e. The molecule has 0 saturated heterocycles. The van der Waals surface area contributed by atoms with Crippen LogP contribution >= 0.6 is 0 Å². The molecule has 0 saturated carbocycles. The van der Waals surface area contributed by atoms with Gasteiger partial charge in [0.05, 0.1) is 17.2 Å². The molecule has 1 N–H and O–H groups in total. The van der Waals surface area contributed by atoms with Gasteiger partial charge in [-0.1, -0.05) is 23.4 Å². The van der Waals surface area contributed by atoms with Crippen LogP contribution in [0.4, 0.5) is 0 Å². The van der Waals surface area contributed by atoms with Gasteiger partial charge >= 0.3 is 0 Å². The van der Waals surface area contributed by atoms with Crippen molar-refractivity contribution >= 4 is 9.84 Å². The lowest BCUT2D eigenvalue weighted by Gasteiger charge is -2.25. The average molecular weight is 293 g/mol. The Morgan fingerprint density at radius 2 is 2.20 bits per heavy atom. The van der Waals surface area contributed by atoms with E-state index in [-0.39, 0.29) is 11.8 Å². The van der Waals surface area contributed by atoms with Gasteiger partial charge in [0.25, 0.3) is 0 Å². The van der Waals surface area contributed by atoms with Crippen molar-refractivity contribution in [1.29, 1.82) is 0 Å². The zero-order valence-corrected chi connectivity index (χ0v) is 11.9. The van der Waals surface area contributed by atoms with E-state index in [1.807, 2.05) is 12.1 Å². The van der Waals surface area contributed by atoms with Crippen molar-refractivity contribution in [2.75, 3.05) is 5.75 Å². The number of hydrogen-bond acceptors (Lipinski definition) is 6. The molecule has 0 aliphatic carbocycles. The summed E-state index contributed by atoms with van der Waals surface area (Å²) in [7, 11) is -3.14. The molecule has 0 spiro atoms. The third-order valence-corrected chi connectivity index (χ3v) is 5.20. The highest BCUT2D eigenvalue weighted by Crippen LogP contribution is 2.31. The van der Waals surface area contributed by atoms with Crippen molar-refractivity contribution in [2.45, 2.75) is 30.8 Å². The first-order chi connectivity index (χ1) is 9.56. The molecule has 6 nitrogen and oxygen atoms in total. The molecule has 1 aliphatic rings. The van der Waals surface area contributed by atoms with Crippen molar-refractivity contribution in [2.24, 2.45) is 0 Å². The summed E-state index contributed by atoms with van der Waals surface area (Å²) in [4.78, 5) is 4.55. The predicted molar refractivity (Wildman–Crippen MR) is 71.7 cm³/mol. The highest BCUT2D eigenvalue weighted by molar-refractivity contribution is 7.91. The van der Waals surface area contributed by atoms with Crippen molar-refractivity contribution in [3.63, 3.8) is 0 Å². The van der Waals surface area contributed by atoms with Crippen molar-refractivity contribution in [3.05, 3.63) is 41.5 Å². The number of aromatic nitrogens is 2. The summed E-state index contributed by atoms with van der Waals surface area (Å²) in [6.07, 6.45) is 0.552. The third kappa shape index (κ3) is 2.46. The van der Waals surface area contributed by atoms with Crippen LogP contribution in [0.2, 0.25) is 0 Å². The maximum absolute atomic E-state index is 12.0.